The van der Waals surface area contributed by atoms with Crippen LogP contribution in [0.15, 0.2) is 36.4 Å². The monoisotopic (exact) mass is 274 g/mol. The summed E-state index contributed by atoms with van der Waals surface area (Å²) in [5.41, 5.74) is 2.07. The van der Waals surface area contributed by atoms with Gasteiger partial charge in [-0.25, -0.2) is 9.37 Å². The molecule has 0 radical (unpaired) electrons. The predicted octanol–water partition coefficient (Wildman–Crippen LogP) is 3.82. The molecular weight excluding hydrogens is 255 g/mol. The van der Waals surface area contributed by atoms with Gasteiger partial charge in [-0.15, -0.1) is 0 Å². The van der Waals surface area contributed by atoms with E-state index in [9.17, 15) is 4.39 Å². The molecule has 1 N–H and O–H groups in total. The lowest BCUT2D eigenvalue weighted by Gasteiger charge is -2.11. The summed E-state index contributed by atoms with van der Waals surface area (Å²) in [4.78, 5) is 4.41. The van der Waals surface area contributed by atoms with Gasteiger partial charge in [0, 0.05) is 24.3 Å². The summed E-state index contributed by atoms with van der Waals surface area (Å²) in [7, 11) is 0. The molecule has 20 heavy (non-hydrogen) atoms. The van der Waals surface area contributed by atoms with Crippen molar-refractivity contribution < 1.29 is 9.13 Å². The molecule has 0 bridgehead atoms. The number of nitrogens with one attached hydrogen (secondary N) is 1. The summed E-state index contributed by atoms with van der Waals surface area (Å²) in [5.74, 6) is 0.811. The van der Waals surface area contributed by atoms with Crippen LogP contribution in [0.2, 0.25) is 0 Å². The molecule has 0 aliphatic carbocycles. The van der Waals surface area contributed by atoms with Gasteiger partial charge in [0.05, 0.1) is 0 Å². The largest absolute Gasteiger partial charge is 0.439 e. The van der Waals surface area contributed by atoms with E-state index >= 15 is 0 Å². The lowest BCUT2D eigenvalue weighted by Crippen LogP contribution is -2.22. The molecule has 1 aromatic heterocycles. The highest BCUT2D eigenvalue weighted by Crippen LogP contribution is 2.21. The number of nitrogens with zero attached hydrogens (tertiary/aromatic N) is 1. The van der Waals surface area contributed by atoms with Crippen molar-refractivity contribution in [3.8, 4) is 11.6 Å². The zero-order valence-corrected chi connectivity index (χ0v) is 12.0. The molecular formula is C16H19FN2O. The number of aryl methyl sites for hydroxylation is 1. The summed E-state index contributed by atoms with van der Waals surface area (Å²) in [6.45, 7) is 6.95. The first-order valence-electron chi connectivity index (χ1n) is 6.68. The number of benzene rings is 1. The van der Waals surface area contributed by atoms with Crippen LogP contribution in [0.3, 0.4) is 0 Å². The van der Waals surface area contributed by atoms with E-state index in [1.165, 1.54) is 12.1 Å². The molecule has 106 valence electrons. The van der Waals surface area contributed by atoms with Gasteiger partial charge in [-0.2, -0.15) is 0 Å². The van der Waals surface area contributed by atoms with Crippen LogP contribution >= 0.6 is 0 Å². The first-order chi connectivity index (χ1) is 9.54. The van der Waals surface area contributed by atoms with Gasteiger partial charge in [-0.1, -0.05) is 19.9 Å². The minimum Gasteiger partial charge on any atom is -0.439 e. The first kappa shape index (κ1) is 14.5. The minimum absolute atomic E-state index is 0.281. The van der Waals surface area contributed by atoms with E-state index in [1.54, 1.807) is 12.1 Å². The number of halogens is 1. The molecule has 1 aromatic carbocycles. The van der Waals surface area contributed by atoms with Gasteiger partial charge in [0.25, 0.3) is 0 Å². The number of aromatic nitrogens is 1. The second-order valence-electron chi connectivity index (χ2n) is 4.99. The Kier molecular flexibility index (Phi) is 4.69. The number of hydrogen-bond donors (Lipinski definition) is 1. The number of pyridine rings is 1. The maximum absolute atomic E-state index is 12.8. The van der Waals surface area contributed by atoms with Crippen molar-refractivity contribution in [2.75, 3.05) is 0 Å². The molecule has 3 nitrogen and oxygen atoms in total. The molecule has 2 aromatic rings. The van der Waals surface area contributed by atoms with Crippen molar-refractivity contribution in [1.82, 2.24) is 10.3 Å². The van der Waals surface area contributed by atoms with E-state index in [2.05, 4.69) is 24.1 Å². The highest BCUT2D eigenvalue weighted by molar-refractivity contribution is 5.30. The van der Waals surface area contributed by atoms with Gasteiger partial charge in [0.15, 0.2) is 0 Å². The highest BCUT2D eigenvalue weighted by atomic mass is 19.1. The molecule has 2 rings (SSSR count). The maximum Gasteiger partial charge on any atom is 0.219 e. The Labute approximate surface area is 118 Å². The van der Waals surface area contributed by atoms with E-state index in [0.717, 1.165) is 17.8 Å². The van der Waals surface area contributed by atoms with Crippen LogP contribution in [-0.2, 0) is 6.54 Å². The van der Waals surface area contributed by atoms with E-state index in [0.29, 0.717) is 17.7 Å². The fourth-order valence-corrected chi connectivity index (χ4v) is 1.75. The molecule has 0 unspecified atom stereocenters. The molecule has 0 amide bonds. The van der Waals surface area contributed by atoms with E-state index < -0.39 is 0 Å². The maximum atomic E-state index is 12.8. The molecule has 1 heterocycles. The van der Waals surface area contributed by atoms with Gasteiger partial charge in [0.2, 0.25) is 5.88 Å². The Balaban J connectivity index is 2.06. The Morgan fingerprint density at radius 2 is 1.85 bits per heavy atom. The summed E-state index contributed by atoms with van der Waals surface area (Å²) in [6, 6.07) is 10.2. The van der Waals surface area contributed by atoms with Crippen molar-refractivity contribution in [3.05, 3.63) is 53.5 Å². The summed E-state index contributed by atoms with van der Waals surface area (Å²) in [5, 5.41) is 3.36. The Morgan fingerprint density at radius 1 is 1.15 bits per heavy atom. The number of hydrogen-bond acceptors (Lipinski definition) is 3. The Hall–Kier alpha value is -1.94. The van der Waals surface area contributed by atoms with Crippen LogP contribution < -0.4 is 10.1 Å². The normalized spacial score (nSPS) is 10.8. The second kappa shape index (κ2) is 6.48. The van der Waals surface area contributed by atoms with E-state index in [-0.39, 0.29) is 5.82 Å². The van der Waals surface area contributed by atoms with Crippen LogP contribution in [0, 0.1) is 12.7 Å². The second-order valence-corrected chi connectivity index (χ2v) is 4.99. The van der Waals surface area contributed by atoms with Crippen LogP contribution in [-0.4, -0.2) is 11.0 Å². The van der Waals surface area contributed by atoms with Crippen molar-refractivity contribution in [3.63, 3.8) is 0 Å². The Bertz CT molecular complexity index is 567. The topological polar surface area (TPSA) is 34.1 Å². The quantitative estimate of drug-likeness (QED) is 0.900. The van der Waals surface area contributed by atoms with Gasteiger partial charge in [-0.3, -0.25) is 0 Å². The van der Waals surface area contributed by atoms with Gasteiger partial charge in [0.1, 0.15) is 11.6 Å². The van der Waals surface area contributed by atoms with Gasteiger partial charge in [-0.05, 0) is 36.8 Å². The fourth-order valence-electron chi connectivity index (χ4n) is 1.75. The Morgan fingerprint density at radius 3 is 2.45 bits per heavy atom. The van der Waals surface area contributed by atoms with Crippen LogP contribution in [0.25, 0.3) is 0 Å². The molecule has 0 saturated heterocycles. The molecule has 0 aliphatic heterocycles. The van der Waals surface area contributed by atoms with Crippen LogP contribution in [0.1, 0.15) is 25.1 Å². The van der Waals surface area contributed by atoms with Crippen LogP contribution in [0.4, 0.5) is 4.39 Å². The molecule has 0 spiro atoms. The highest BCUT2D eigenvalue weighted by Gasteiger charge is 2.04. The lowest BCUT2D eigenvalue weighted by molar-refractivity contribution is 0.459. The average molecular weight is 274 g/mol. The van der Waals surface area contributed by atoms with Gasteiger partial charge >= 0.3 is 0 Å². The molecule has 4 heteroatoms. The smallest absolute Gasteiger partial charge is 0.219 e. The zero-order valence-electron chi connectivity index (χ0n) is 12.0. The summed E-state index contributed by atoms with van der Waals surface area (Å²) < 4.78 is 18.4. The molecule has 0 aliphatic rings. The number of rotatable bonds is 5. The molecule has 0 fully saturated rings. The first-order valence-corrected chi connectivity index (χ1v) is 6.68. The SMILES string of the molecule is Cc1nc(Oc2ccc(F)cc2)ccc1CNC(C)C. The van der Waals surface area contributed by atoms with Crippen molar-refractivity contribution in [2.24, 2.45) is 0 Å². The molecule has 0 saturated carbocycles. The van der Waals surface area contributed by atoms with E-state index in [1.807, 2.05) is 19.1 Å². The van der Waals surface area contributed by atoms with Crippen LogP contribution in [0.5, 0.6) is 11.6 Å². The van der Waals surface area contributed by atoms with Gasteiger partial charge < -0.3 is 10.1 Å². The third kappa shape index (κ3) is 4.03. The van der Waals surface area contributed by atoms with Crippen molar-refractivity contribution in [2.45, 2.75) is 33.4 Å². The standard InChI is InChI=1S/C16H19FN2O/c1-11(2)18-10-13-4-9-16(19-12(13)3)20-15-7-5-14(17)6-8-15/h4-9,11,18H,10H2,1-3H3. The molecule has 0 atom stereocenters. The average Bonchev–Trinajstić information content (AvgIpc) is 2.40. The predicted molar refractivity (Wildman–Crippen MR) is 77.4 cm³/mol. The third-order valence-corrected chi connectivity index (χ3v) is 2.91. The van der Waals surface area contributed by atoms with E-state index in [4.69, 9.17) is 4.74 Å². The van der Waals surface area contributed by atoms with Crippen molar-refractivity contribution >= 4 is 0 Å². The van der Waals surface area contributed by atoms with Crippen molar-refractivity contribution in [1.29, 1.82) is 0 Å². The number of ether oxygens (including phenoxy) is 1. The minimum atomic E-state index is -0.281. The fraction of sp³-hybridized carbons (Fsp3) is 0.312. The lowest BCUT2D eigenvalue weighted by atomic mass is 10.2. The summed E-state index contributed by atoms with van der Waals surface area (Å²) >= 11 is 0. The summed E-state index contributed by atoms with van der Waals surface area (Å²) in [6.07, 6.45) is 0. The third-order valence-electron chi connectivity index (χ3n) is 2.91. The zero-order chi connectivity index (χ0) is 14.5.